The average molecular weight is 324 g/mol. The summed E-state index contributed by atoms with van der Waals surface area (Å²) in [6, 6.07) is 5.40. The Morgan fingerprint density at radius 2 is 2.25 bits per heavy atom. The molecule has 0 saturated heterocycles. The van der Waals surface area contributed by atoms with Gasteiger partial charge in [0.25, 0.3) is 0 Å². The minimum Gasteiger partial charge on any atom is -0.493 e. The molecule has 0 aromatic carbocycles. The van der Waals surface area contributed by atoms with Crippen molar-refractivity contribution in [2.45, 2.75) is 12.8 Å². The highest BCUT2D eigenvalue weighted by Crippen LogP contribution is 2.24. The smallest absolute Gasteiger partial charge is 0.170 e. The Labute approximate surface area is 137 Å². The summed E-state index contributed by atoms with van der Waals surface area (Å²) in [4.78, 5) is 21.3. The van der Waals surface area contributed by atoms with Crippen molar-refractivity contribution < 1.29 is 9.53 Å². The highest BCUT2D eigenvalue weighted by Gasteiger charge is 2.17. The van der Waals surface area contributed by atoms with Crippen LogP contribution in [0.3, 0.4) is 0 Å². The first-order valence-corrected chi connectivity index (χ1v) is 7.70. The summed E-state index contributed by atoms with van der Waals surface area (Å²) in [6.07, 6.45) is 4.24. The van der Waals surface area contributed by atoms with Crippen molar-refractivity contribution in [3.8, 4) is 5.75 Å². The first-order chi connectivity index (χ1) is 11.7. The van der Waals surface area contributed by atoms with Crippen LogP contribution in [0.25, 0.3) is 5.65 Å². The van der Waals surface area contributed by atoms with Crippen LogP contribution in [0.5, 0.6) is 5.75 Å². The Balaban J connectivity index is 1.88. The zero-order valence-electron chi connectivity index (χ0n) is 13.1. The fourth-order valence-electron chi connectivity index (χ4n) is 2.66. The quantitative estimate of drug-likeness (QED) is 0.709. The fraction of sp³-hybridized carbons (Fsp3) is 0.250. The summed E-state index contributed by atoms with van der Waals surface area (Å²) in [5.41, 5.74) is 1.03. The Morgan fingerprint density at radius 1 is 1.33 bits per heavy atom. The number of nitrogens with zero attached hydrogens (tertiary/aromatic N) is 4. The van der Waals surface area contributed by atoms with Gasteiger partial charge in [-0.3, -0.25) is 4.79 Å². The largest absolute Gasteiger partial charge is 0.493 e. The van der Waals surface area contributed by atoms with Crippen molar-refractivity contribution in [3.63, 3.8) is 0 Å². The van der Waals surface area contributed by atoms with Gasteiger partial charge in [0.2, 0.25) is 0 Å². The Morgan fingerprint density at radius 3 is 3.12 bits per heavy atom. The number of pyridine rings is 1. The average Bonchev–Trinajstić information content (AvgIpc) is 3.01. The molecular formula is C16H16N6O2. The molecule has 3 aromatic heterocycles. The van der Waals surface area contributed by atoms with E-state index in [0.717, 1.165) is 5.82 Å². The number of Topliss-reactive ketones (excluding diaryl/α,β-unsaturated/α-hetero) is 1. The third-order valence-corrected chi connectivity index (χ3v) is 3.83. The van der Waals surface area contributed by atoms with Crippen molar-refractivity contribution in [1.82, 2.24) is 19.6 Å². The molecule has 2 N–H and O–H groups in total. The summed E-state index contributed by atoms with van der Waals surface area (Å²) in [6.45, 7) is 0.465. The van der Waals surface area contributed by atoms with Crippen LogP contribution in [0.1, 0.15) is 23.2 Å². The van der Waals surface area contributed by atoms with Crippen LogP contribution in [0.4, 0.5) is 17.5 Å². The summed E-state index contributed by atoms with van der Waals surface area (Å²) >= 11 is 0. The number of carbonyl (C=O) groups is 1. The maximum Gasteiger partial charge on any atom is 0.170 e. The number of rotatable bonds is 1. The van der Waals surface area contributed by atoms with Crippen molar-refractivity contribution >= 4 is 28.9 Å². The van der Waals surface area contributed by atoms with Gasteiger partial charge in [-0.2, -0.15) is 9.61 Å². The molecule has 3 aromatic rings. The number of hydrogen-bond acceptors (Lipinski definition) is 7. The standard InChI is InChI=1S/C16H16N6O2/c1-17-15-8-14-20-13-7-10(4-5-18-13)24-6-2-3-12(23)11-9-19-22(15)16(11)21-14/h4-5,7-9,17H,2-3,6H2,1H3,(H,18,20,21). The highest BCUT2D eigenvalue weighted by molar-refractivity contribution is 6.01. The zero-order chi connectivity index (χ0) is 16.5. The number of ketones is 1. The normalized spacial score (nSPS) is 14.3. The molecule has 0 atom stereocenters. The van der Waals surface area contributed by atoms with Gasteiger partial charge in [0, 0.05) is 31.8 Å². The molecule has 24 heavy (non-hydrogen) atoms. The van der Waals surface area contributed by atoms with E-state index in [-0.39, 0.29) is 5.78 Å². The van der Waals surface area contributed by atoms with Gasteiger partial charge in [0.05, 0.1) is 18.4 Å². The van der Waals surface area contributed by atoms with Crippen molar-refractivity contribution in [2.75, 3.05) is 24.3 Å². The number of anilines is 3. The lowest BCUT2D eigenvalue weighted by molar-refractivity contribution is 0.0975. The number of fused-ring (bicyclic) bond motifs is 3. The second-order valence-electron chi connectivity index (χ2n) is 5.45. The molecule has 4 rings (SSSR count). The van der Waals surface area contributed by atoms with Crippen LogP contribution in [-0.2, 0) is 0 Å². The maximum atomic E-state index is 12.5. The predicted octanol–water partition coefficient (Wildman–Crippen LogP) is 2.26. The third kappa shape index (κ3) is 2.51. The Kier molecular flexibility index (Phi) is 3.49. The van der Waals surface area contributed by atoms with Gasteiger partial charge in [0.15, 0.2) is 11.4 Å². The van der Waals surface area contributed by atoms with Crippen LogP contribution < -0.4 is 15.4 Å². The van der Waals surface area contributed by atoms with E-state index in [1.54, 1.807) is 30.0 Å². The molecule has 8 heteroatoms. The van der Waals surface area contributed by atoms with Gasteiger partial charge in [0.1, 0.15) is 23.2 Å². The van der Waals surface area contributed by atoms with E-state index in [9.17, 15) is 4.79 Å². The van der Waals surface area contributed by atoms with Gasteiger partial charge in [-0.15, -0.1) is 0 Å². The van der Waals surface area contributed by atoms with Crippen molar-refractivity contribution in [2.24, 2.45) is 0 Å². The zero-order valence-corrected chi connectivity index (χ0v) is 13.1. The molecule has 1 aliphatic heterocycles. The number of carbonyl (C=O) groups excluding carboxylic acids is 1. The van der Waals surface area contributed by atoms with Crippen molar-refractivity contribution in [3.05, 3.63) is 36.2 Å². The molecule has 0 unspecified atom stereocenters. The van der Waals surface area contributed by atoms with E-state index in [4.69, 9.17) is 4.74 Å². The van der Waals surface area contributed by atoms with Gasteiger partial charge in [-0.1, -0.05) is 0 Å². The molecule has 0 fully saturated rings. The molecule has 1 aliphatic rings. The second-order valence-corrected chi connectivity index (χ2v) is 5.45. The number of nitrogens with one attached hydrogen (secondary N) is 2. The minimum absolute atomic E-state index is 0.00406. The highest BCUT2D eigenvalue weighted by atomic mass is 16.5. The van der Waals surface area contributed by atoms with Crippen molar-refractivity contribution in [1.29, 1.82) is 0 Å². The topological polar surface area (TPSA) is 93.4 Å². The molecule has 0 spiro atoms. The van der Waals surface area contributed by atoms with Crippen LogP contribution >= 0.6 is 0 Å². The molecule has 0 aliphatic carbocycles. The summed E-state index contributed by atoms with van der Waals surface area (Å²) < 4.78 is 7.30. The second kappa shape index (κ2) is 5.80. The molecular weight excluding hydrogens is 308 g/mol. The minimum atomic E-state index is 0.00406. The Bertz CT molecular complexity index is 920. The molecule has 4 heterocycles. The van der Waals surface area contributed by atoms with E-state index in [2.05, 4.69) is 25.7 Å². The lowest BCUT2D eigenvalue weighted by Gasteiger charge is -2.10. The van der Waals surface area contributed by atoms with E-state index in [1.807, 2.05) is 12.1 Å². The summed E-state index contributed by atoms with van der Waals surface area (Å²) in [7, 11) is 1.79. The molecule has 122 valence electrons. The predicted molar refractivity (Wildman–Crippen MR) is 89.1 cm³/mol. The van der Waals surface area contributed by atoms with Crippen LogP contribution in [0.15, 0.2) is 30.6 Å². The number of aromatic nitrogens is 4. The van der Waals surface area contributed by atoms with Gasteiger partial charge in [-0.25, -0.2) is 9.97 Å². The third-order valence-electron chi connectivity index (χ3n) is 3.83. The van der Waals surface area contributed by atoms with E-state index in [0.29, 0.717) is 48.0 Å². The van der Waals surface area contributed by atoms with Gasteiger partial charge >= 0.3 is 0 Å². The number of ether oxygens (including phenoxy) is 1. The monoisotopic (exact) mass is 324 g/mol. The molecule has 8 nitrogen and oxygen atoms in total. The Hall–Kier alpha value is -3.16. The number of hydrogen-bond donors (Lipinski definition) is 2. The molecule has 0 amide bonds. The molecule has 0 saturated carbocycles. The van der Waals surface area contributed by atoms with Crippen LogP contribution in [-0.4, -0.2) is 39.0 Å². The van der Waals surface area contributed by atoms with Crippen LogP contribution in [0, 0.1) is 0 Å². The summed E-state index contributed by atoms with van der Waals surface area (Å²) in [5.74, 6) is 2.63. The van der Waals surface area contributed by atoms with E-state index < -0.39 is 0 Å². The van der Waals surface area contributed by atoms with E-state index in [1.165, 1.54) is 0 Å². The SMILES string of the molecule is CNc1cc2nc3c(cnn13)C(=O)CCCOc1ccnc(c1)N2. The molecule has 4 bridgehead atoms. The van der Waals surface area contributed by atoms with Gasteiger partial charge in [-0.05, 0) is 12.5 Å². The first-order valence-electron chi connectivity index (χ1n) is 7.70. The maximum absolute atomic E-state index is 12.5. The summed E-state index contributed by atoms with van der Waals surface area (Å²) in [5, 5.41) is 10.5. The first kappa shape index (κ1) is 14.4. The lowest BCUT2D eigenvalue weighted by Crippen LogP contribution is -2.06. The van der Waals surface area contributed by atoms with Gasteiger partial charge < -0.3 is 15.4 Å². The molecule has 0 radical (unpaired) electrons. The van der Waals surface area contributed by atoms with Crippen LogP contribution in [0.2, 0.25) is 0 Å². The lowest BCUT2D eigenvalue weighted by atomic mass is 10.1. The fourth-order valence-corrected chi connectivity index (χ4v) is 2.66. The van der Waals surface area contributed by atoms with E-state index >= 15 is 0 Å².